The summed E-state index contributed by atoms with van der Waals surface area (Å²) in [5.41, 5.74) is 3.04. The van der Waals surface area contributed by atoms with E-state index < -0.39 is 20.0 Å². The highest BCUT2D eigenvalue weighted by Gasteiger charge is 2.26. The average Bonchev–Trinajstić information content (AvgIpc) is 2.78. The number of hydrogen-bond acceptors (Lipinski definition) is 5. The van der Waals surface area contributed by atoms with E-state index in [1.807, 2.05) is 6.07 Å². The topological polar surface area (TPSA) is 92.8 Å². The van der Waals surface area contributed by atoms with Gasteiger partial charge in [0.15, 0.2) is 0 Å². The minimum absolute atomic E-state index is 0.0945. The summed E-state index contributed by atoms with van der Waals surface area (Å²) in [5, 5.41) is 0. The van der Waals surface area contributed by atoms with E-state index in [9.17, 15) is 16.8 Å². The maximum atomic E-state index is 12.7. The first kappa shape index (κ1) is 21.5. The maximum Gasteiger partial charge on any atom is 0.243 e. The van der Waals surface area contributed by atoms with Gasteiger partial charge in [0.25, 0.3) is 0 Å². The zero-order chi connectivity index (χ0) is 21.2. The predicted octanol–water partition coefficient (Wildman–Crippen LogP) is 2.06. The van der Waals surface area contributed by atoms with E-state index in [4.69, 9.17) is 4.74 Å². The third kappa shape index (κ3) is 4.60. The summed E-state index contributed by atoms with van der Waals surface area (Å²) >= 11 is 0. The average molecular weight is 451 g/mol. The molecule has 1 saturated heterocycles. The highest BCUT2D eigenvalue weighted by molar-refractivity contribution is 7.89. The van der Waals surface area contributed by atoms with Gasteiger partial charge in [0.1, 0.15) is 0 Å². The lowest BCUT2D eigenvalue weighted by molar-refractivity contribution is 0.0730. The second-order valence-electron chi connectivity index (χ2n) is 7.62. The molecule has 1 aliphatic heterocycles. The lowest BCUT2D eigenvalue weighted by Crippen LogP contribution is -2.40. The van der Waals surface area contributed by atoms with Gasteiger partial charge in [-0.05, 0) is 66.6 Å². The molecule has 1 fully saturated rings. The summed E-state index contributed by atoms with van der Waals surface area (Å²) in [6.45, 7) is 1.55. The SMILES string of the molecule is O=S(=O)(NCc1ccc(S(=O)(=O)N2CCOCC2)cc1)c1ccc2c(c1)CCCC2. The summed E-state index contributed by atoms with van der Waals surface area (Å²) in [4.78, 5) is 0.473. The fraction of sp³-hybridized carbons (Fsp3) is 0.429. The van der Waals surface area contributed by atoms with Crippen molar-refractivity contribution in [3.8, 4) is 0 Å². The van der Waals surface area contributed by atoms with Crippen molar-refractivity contribution in [1.82, 2.24) is 9.03 Å². The van der Waals surface area contributed by atoms with Crippen molar-refractivity contribution in [2.45, 2.75) is 42.0 Å². The van der Waals surface area contributed by atoms with Crippen LogP contribution in [0.4, 0.5) is 0 Å². The van der Waals surface area contributed by atoms with Crippen molar-refractivity contribution >= 4 is 20.0 Å². The number of sulfonamides is 2. The highest BCUT2D eigenvalue weighted by Crippen LogP contribution is 2.24. The molecule has 9 heteroatoms. The summed E-state index contributed by atoms with van der Waals surface area (Å²) in [7, 11) is -7.20. The van der Waals surface area contributed by atoms with E-state index in [0.29, 0.717) is 31.9 Å². The molecule has 0 radical (unpaired) electrons. The third-order valence-electron chi connectivity index (χ3n) is 5.63. The molecule has 0 amide bonds. The number of nitrogens with zero attached hydrogens (tertiary/aromatic N) is 1. The monoisotopic (exact) mass is 450 g/mol. The number of nitrogens with one attached hydrogen (secondary N) is 1. The molecule has 0 bridgehead atoms. The van der Waals surface area contributed by atoms with Gasteiger partial charge in [-0.2, -0.15) is 4.31 Å². The highest BCUT2D eigenvalue weighted by atomic mass is 32.2. The van der Waals surface area contributed by atoms with Crippen LogP contribution in [0.2, 0.25) is 0 Å². The predicted molar refractivity (Wildman–Crippen MR) is 113 cm³/mol. The molecule has 2 aliphatic rings. The fourth-order valence-electron chi connectivity index (χ4n) is 3.85. The zero-order valence-electron chi connectivity index (χ0n) is 16.7. The molecule has 4 rings (SSSR count). The molecule has 2 aromatic rings. The van der Waals surface area contributed by atoms with E-state index in [0.717, 1.165) is 31.2 Å². The molecule has 0 unspecified atom stereocenters. The molecule has 0 spiro atoms. The lowest BCUT2D eigenvalue weighted by Gasteiger charge is -2.26. The van der Waals surface area contributed by atoms with E-state index in [-0.39, 0.29) is 16.3 Å². The Morgan fingerprint density at radius 3 is 2.17 bits per heavy atom. The number of ether oxygens (including phenoxy) is 1. The number of morpholine rings is 1. The molecular weight excluding hydrogens is 424 g/mol. The van der Waals surface area contributed by atoms with Gasteiger partial charge in [-0.25, -0.2) is 21.6 Å². The standard InChI is InChI=1S/C21H26N2O5S2/c24-29(25,21-10-7-18-3-1-2-4-19(18)15-21)22-16-17-5-8-20(9-6-17)30(26,27)23-11-13-28-14-12-23/h5-10,15,22H,1-4,11-14,16H2. The van der Waals surface area contributed by atoms with E-state index in [2.05, 4.69) is 4.72 Å². The molecule has 2 aromatic carbocycles. The molecule has 30 heavy (non-hydrogen) atoms. The fourth-order valence-corrected chi connectivity index (χ4v) is 6.33. The van der Waals surface area contributed by atoms with Crippen molar-refractivity contribution in [2.75, 3.05) is 26.3 Å². The molecule has 1 N–H and O–H groups in total. The van der Waals surface area contributed by atoms with Crippen LogP contribution in [-0.4, -0.2) is 47.4 Å². The van der Waals surface area contributed by atoms with Crippen LogP contribution in [0.3, 0.4) is 0 Å². The van der Waals surface area contributed by atoms with Crippen LogP contribution in [-0.2, 0) is 44.2 Å². The Bertz CT molecular complexity index is 1110. The van der Waals surface area contributed by atoms with Crippen molar-refractivity contribution < 1.29 is 21.6 Å². The normalized spacial score (nSPS) is 18.1. The second-order valence-corrected chi connectivity index (χ2v) is 11.3. The van der Waals surface area contributed by atoms with Crippen LogP contribution in [0.5, 0.6) is 0 Å². The van der Waals surface area contributed by atoms with Crippen molar-refractivity contribution in [3.05, 3.63) is 59.2 Å². The van der Waals surface area contributed by atoms with Crippen LogP contribution < -0.4 is 4.72 Å². The van der Waals surface area contributed by atoms with Crippen molar-refractivity contribution in [3.63, 3.8) is 0 Å². The Morgan fingerprint density at radius 1 is 0.833 bits per heavy atom. The van der Waals surface area contributed by atoms with E-state index in [1.165, 1.54) is 22.0 Å². The van der Waals surface area contributed by atoms with Gasteiger partial charge >= 0.3 is 0 Å². The first-order valence-electron chi connectivity index (χ1n) is 10.1. The first-order chi connectivity index (χ1) is 14.4. The summed E-state index contributed by atoms with van der Waals surface area (Å²) in [6, 6.07) is 11.7. The Kier molecular flexibility index (Phi) is 6.26. The smallest absolute Gasteiger partial charge is 0.243 e. The number of rotatable bonds is 6. The number of hydrogen-bond donors (Lipinski definition) is 1. The number of benzene rings is 2. The quantitative estimate of drug-likeness (QED) is 0.727. The van der Waals surface area contributed by atoms with E-state index in [1.54, 1.807) is 24.3 Å². The van der Waals surface area contributed by atoms with E-state index >= 15 is 0 Å². The molecule has 0 aromatic heterocycles. The first-order valence-corrected chi connectivity index (χ1v) is 13.1. The van der Waals surface area contributed by atoms with Crippen LogP contribution in [0.15, 0.2) is 52.3 Å². The minimum Gasteiger partial charge on any atom is -0.379 e. The number of fused-ring (bicyclic) bond motifs is 1. The van der Waals surface area contributed by atoms with Gasteiger partial charge in [-0.3, -0.25) is 0 Å². The van der Waals surface area contributed by atoms with Gasteiger partial charge in [0, 0.05) is 19.6 Å². The van der Waals surface area contributed by atoms with Crippen molar-refractivity contribution in [1.29, 1.82) is 0 Å². The maximum absolute atomic E-state index is 12.7. The molecule has 162 valence electrons. The largest absolute Gasteiger partial charge is 0.379 e. The third-order valence-corrected chi connectivity index (χ3v) is 8.94. The van der Waals surface area contributed by atoms with Crippen LogP contribution in [0.1, 0.15) is 29.5 Å². The Balaban J connectivity index is 1.43. The lowest BCUT2D eigenvalue weighted by atomic mass is 9.92. The summed E-state index contributed by atoms with van der Waals surface area (Å²) < 4.78 is 60.0. The Hall–Kier alpha value is -1.78. The summed E-state index contributed by atoms with van der Waals surface area (Å²) in [5.74, 6) is 0. The van der Waals surface area contributed by atoms with Crippen LogP contribution in [0.25, 0.3) is 0 Å². The van der Waals surface area contributed by atoms with Gasteiger partial charge in [0.2, 0.25) is 20.0 Å². The molecule has 1 aliphatic carbocycles. The van der Waals surface area contributed by atoms with Gasteiger partial charge in [-0.1, -0.05) is 18.2 Å². The van der Waals surface area contributed by atoms with Crippen LogP contribution in [0, 0.1) is 0 Å². The zero-order valence-corrected chi connectivity index (χ0v) is 18.3. The molecule has 0 saturated carbocycles. The molecule has 7 nitrogen and oxygen atoms in total. The van der Waals surface area contributed by atoms with Crippen LogP contribution >= 0.6 is 0 Å². The van der Waals surface area contributed by atoms with Gasteiger partial charge in [-0.15, -0.1) is 0 Å². The minimum atomic E-state index is -3.64. The summed E-state index contributed by atoms with van der Waals surface area (Å²) in [6.07, 6.45) is 4.15. The number of aryl methyl sites for hydroxylation is 2. The van der Waals surface area contributed by atoms with Crippen molar-refractivity contribution in [2.24, 2.45) is 0 Å². The Morgan fingerprint density at radius 2 is 1.47 bits per heavy atom. The molecule has 1 heterocycles. The Labute approximate surface area is 178 Å². The second kappa shape index (κ2) is 8.76. The van der Waals surface area contributed by atoms with Gasteiger partial charge in [0.05, 0.1) is 23.0 Å². The van der Waals surface area contributed by atoms with Gasteiger partial charge < -0.3 is 4.74 Å². The molecule has 0 atom stereocenters. The molecular formula is C21H26N2O5S2.